The number of anilines is 1. The van der Waals surface area contributed by atoms with Gasteiger partial charge in [0.05, 0.1) is 36.1 Å². The van der Waals surface area contributed by atoms with Crippen LogP contribution in [0.4, 0.5) is 5.69 Å². The third kappa shape index (κ3) is 4.66. The summed E-state index contributed by atoms with van der Waals surface area (Å²) in [7, 11) is 2.88. The molecule has 1 unspecified atom stereocenters. The highest BCUT2D eigenvalue weighted by atomic mass is 35.5. The maximum atomic E-state index is 13.4. The van der Waals surface area contributed by atoms with Gasteiger partial charge in [0.15, 0.2) is 0 Å². The fourth-order valence-electron chi connectivity index (χ4n) is 4.31. The number of ether oxygens (including phenoxy) is 2. The van der Waals surface area contributed by atoms with Crippen LogP contribution in [0.1, 0.15) is 42.6 Å². The van der Waals surface area contributed by atoms with Gasteiger partial charge in [-0.1, -0.05) is 43.1 Å². The largest absolute Gasteiger partial charge is 0.507 e. The van der Waals surface area contributed by atoms with E-state index >= 15 is 0 Å². The summed E-state index contributed by atoms with van der Waals surface area (Å²) in [6, 6.07) is 14.8. The average molecular weight is 507 g/mol. The van der Waals surface area contributed by atoms with E-state index in [1.54, 1.807) is 24.4 Å². The average Bonchev–Trinajstić information content (AvgIpc) is 3.17. The van der Waals surface area contributed by atoms with Crippen LogP contribution in [0.2, 0.25) is 5.02 Å². The van der Waals surface area contributed by atoms with Crippen LogP contribution >= 0.6 is 11.6 Å². The minimum Gasteiger partial charge on any atom is -0.507 e. The Hall–Kier alpha value is -3.84. The minimum absolute atomic E-state index is 0.103. The minimum atomic E-state index is -0.946. The van der Waals surface area contributed by atoms with Gasteiger partial charge in [-0.15, -0.1) is 0 Å². The van der Waals surface area contributed by atoms with E-state index < -0.39 is 23.5 Å². The lowest BCUT2D eigenvalue weighted by molar-refractivity contribution is -0.132. The van der Waals surface area contributed by atoms with Crippen molar-refractivity contribution < 1.29 is 24.2 Å². The van der Waals surface area contributed by atoms with Gasteiger partial charge < -0.3 is 14.6 Å². The number of pyridine rings is 1. The molecule has 1 amide bonds. The van der Waals surface area contributed by atoms with Gasteiger partial charge in [-0.25, -0.2) is 0 Å². The van der Waals surface area contributed by atoms with Gasteiger partial charge in [-0.2, -0.15) is 0 Å². The number of aliphatic hydroxyl groups excluding tert-OH is 1. The number of methoxy groups -OCH3 is 2. The van der Waals surface area contributed by atoms with Crippen molar-refractivity contribution in [2.75, 3.05) is 19.1 Å². The number of nitrogens with zero attached hydrogens (tertiary/aromatic N) is 2. The maximum Gasteiger partial charge on any atom is 0.300 e. The Bertz CT molecular complexity index is 1310. The van der Waals surface area contributed by atoms with Crippen molar-refractivity contribution in [3.63, 3.8) is 0 Å². The van der Waals surface area contributed by atoms with Gasteiger partial charge in [-0.3, -0.25) is 19.5 Å². The molecule has 1 N–H and O–H groups in total. The number of Topliss-reactive ketones (excluding diaryl/α,β-unsaturated/α-hetero) is 1. The molecule has 186 valence electrons. The first-order chi connectivity index (χ1) is 17.4. The maximum absolute atomic E-state index is 13.4. The molecule has 0 radical (unpaired) electrons. The lowest BCUT2D eigenvalue weighted by Crippen LogP contribution is -2.29. The van der Waals surface area contributed by atoms with Crippen molar-refractivity contribution in [1.82, 2.24) is 4.98 Å². The molecular weight excluding hydrogens is 480 g/mol. The van der Waals surface area contributed by atoms with Gasteiger partial charge >= 0.3 is 0 Å². The number of aliphatic hydroxyl groups is 1. The van der Waals surface area contributed by atoms with E-state index in [9.17, 15) is 14.7 Å². The molecule has 1 aliphatic heterocycles. The summed E-state index contributed by atoms with van der Waals surface area (Å²) in [5.74, 6) is -1.42. The number of hydrogen-bond donors (Lipinski definition) is 1. The third-order valence-electron chi connectivity index (χ3n) is 6.17. The smallest absolute Gasteiger partial charge is 0.300 e. The predicted molar refractivity (Wildman–Crippen MR) is 139 cm³/mol. The molecule has 1 fully saturated rings. The molecule has 3 aromatic rings. The molecule has 4 rings (SSSR count). The molecule has 2 aromatic carbocycles. The normalized spacial score (nSPS) is 16.9. The lowest BCUT2D eigenvalue weighted by Gasteiger charge is -2.25. The van der Waals surface area contributed by atoms with Crippen LogP contribution in [-0.2, 0) is 16.0 Å². The Balaban J connectivity index is 1.89. The van der Waals surface area contributed by atoms with E-state index in [2.05, 4.69) is 11.9 Å². The Kier molecular flexibility index (Phi) is 7.60. The third-order valence-corrected chi connectivity index (χ3v) is 6.47. The zero-order valence-electron chi connectivity index (χ0n) is 20.3. The van der Waals surface area contributed by atoms with Crippen LogP contribution in [-0.4, -0.2) is 36.0 Å². The van der Waals surface area contributed by atoms with Gasteiger partial charge in [0.1, 0.15) is 23.3 Å². The zero-order chi connectivity index (χ0) is 25.8. The van der Waals surface area contributed by atoms with Crippen molar-refractivity contribution in [2.24, 2.45) is 0 Å². The molecule has 1 atom stereocenters. The fraction of sp³-hybridized carbons (Fsp3) is 0.250. The van der Waals surface area contributed by atoms with Gasteiger partial charge in [0.25, 0.3) is 11.7 Å². The van der Waals surface area contributed by atoms with E-state index in [-0.39, 0.29) is 21.9 Å². The van der Waals surface area contributed by atoms with Crippen LogP contribution in [0, 0.1) is 0 Å². The molecule has 2 heterocycles. The number of hydrogen-bond acceptors (Lipinski definition) is 6. The summed E-state index contributed by atoms with van der Waals surface area (Å²) in [6.07, 6.45) is 4.64. The van der Waals surface area contributed by atoms with E-state index in [1.807, 2.05) is 24.3 Å². The summed E-state index contributed by atoms with van der Waals surface area (Å²) in [4.78, 5) is 32.5. The molecule has 0 spiro atoms. The Morgan fingerprint density at radius 1 is 1.06 bits per heavy atom. The van der Waals surface area contributed by atoms with Gasteiger partial charge in [0, 0.05) is 18.0 Å². The first-order valence-corrected chi connectivity index (χ1v) is 12.0. The number of rotatable bonds is 8. The van der Waals surface area contributed by atoms with E-state index in [0.717, 1.165) is 24.8 Å². The first-order valence-electron chi connectivity index (χ1n) is 11.6. The number of ketones is 1. The number of amides is 1. The number of halogens is 1. The van der Waals surface area contributed by atoms with Crippen LogP contribution in [0.3, 0.4) is 0 Å². The number of aromatic nitrogens is 1. The summed E-state index contributed by atoms with van der Waals surface area (Å²) in [6.45, 7) is 2.13. The number of carbonyl (C=O) groups excluding carboxylic acids is 2. The van der Waals surface area contributed by atoms with Crippen molar-refractivity contribution in [3.05, 3.63) is 88.2 Å². The van der Waals surface area contributed by atoms with Crippen molar-refractivity contribution in [3.8, 4) is 11.5 Å². The highest BCUT2D eigenvalue weighted by Gasteiger charge is 2.48. The molecule has 8 heteroatoms. The summed E-state index contributed by atoms with van der Waals surface area (Å²) < 4.78 is 10.7. The number of carbonyl (C=O) groups is 2. The second-order valence-electron chi connectivity index (χ2n) is 8.38. The highest BCUT2D eigenvalue weighted by molar-refractivity contribution is 6.51. The van der Waals surface area contributed by atoms with E-state index in [1.165, 1.54) is 31.3 Å². The van der Waals surface area contributed by atoms with Crippen LogP contribution in [0.5, 0.6) is 11.5 Å². The molecule has 1 aromatic heterocycles. The van der Waals surface area contributed by atoms with Crippen molar-refractivity contribution in [1.29, 1.82) is 0 Å². The standard InChI is InChI=1S/C28H27ClN2O5/c1-4-5-8-17-10-12-18(13-11-17)31-25(21-9-6-7-14-30-21)24(27(33)28(31)34)26(32)19-15-20(29)23(36-3)16-22(19)35-2/h6-7,9-16,25,32H,4-5,8H2,1-3H3/b26-24+. The summed E-state index contributed by atoms with van der Waals surface area (Å²) >= 11 is 6.31. The topological polar surface area (TPSA) is 89.0 Å². The lowest BCUT2D eigenvalue weighted by atomic mass is 9.97. The first kappa shape index (κ1) is 25.3. The van der Waals surface area contributed by atoms with Crippen molar-refractivity contribution >= 4 is 34.7 Å². The molecule has 36 heavy (non-hydrogen) atoms. The second kappa shape index (κ2) is 10.8. The van der Waals surface area contributed by atoms with Crippen molar-refractivity contribution in [2.45, 2.75) is 32.2 Å². The second-order valence-corrected chi connectivity index (χ2v) is 8.79. The highest BCUT2D eigenvalue weighted by Crippen LogP contribution is 2.44. The Labute approximate surface area is 214 Å². The Morgan fingerprint density at radius 2 is 1.78 bits per heavy atom. The van der Waals surface area contributed by atoms with Gasteiger partial charge in [-0.05, 0) is 48.7 Å². The number of unbranched alkanes of at least 4 members (excludes halogenated alkanes) is 1. The molecule has 0 aliphatic carbocycles. The number of aryl methyl sites for hydroxylation is 1. The predicted octanol–water partition coefficient (Wildman–Crippen LogP) is 5.72. The summed E-state index contributed by atoms with van der Waals surface area (Å²) in [5.41, 5.74) is 2.17. The van der Waals surface area contributed by atoms with Crippen LogP contribution < -0.4 is 14.4 Å². The van der Waals surface area contributed by atoms with Crippen LogP contribution in [0.15, 0.2) is 66.4 Å². The van der Waals surface area contributed by atoms with E-state index in [4.69, 9.17) is 21.1 Å². The molecule has 1 saturated heterocycles. The van der Waals surface area contributed by atoms with Crippen LogP contribution in [0.25, 0.3) is 5.76 Å². The molecule has 0 bridgehead atoms. The van der Waals surface area contributed by atoms with Gasteiger partial charge in [0.2, 0.25) is 0 Å². The molecule has 1 aliphatic rings. The molecule has 7 nitrogen and oxygen atoms in total. The summed E-state index contributed by atoms with van der Waals surface area (Å²) in [5, 5.41) is 11.6. The molecular formula is C28H27ClN2O5. The molecule has 0 saturated carbocycles. The zero-order valence-corrected chi connectivity index (χ0v) is 21.1. The quantitative estimate of drug-likeness (QED) is 0.239. The monoisotopic (exact) mass is 506 g/mol. The SMILES string of the molecule is CCCCc1ccc(N2C(=O)C(=O)/C(=C(/O)c3cc(Cl)c(OC)cc3OC)C2c2ccccn2)cc1. The fourth-order valence-corrected chi connectivity index (χ4v) is 4.55. The van der Waals surface area contributed by atoms with E-state index in [0.29, 0.717) is 17.1 Å². The number of benzene rings is 2. The Morgan fingerprint density at radius 3 is 2.39 bits per heavy atom.